The van der Waals surface area contributed by atoms with E-state index in [1.54, 1.807) is 6.92 Å². The Bertz CT molecular complexity index is 387. The maximum Gasteiger partial charge on any atom is 0.234 e. The molecule has 0 unspecified atom stereocenters. The van der Waals surface area contributed by atoms with Gasteiger partial charge in [0.05, 0.1) is 6.04 Å². The Balaban J connectivity index is 2.58. The molecule has 100 valence electrons. The highest BCUT2D eigenvalue weighted by Crippen LogP contribution is 2.17. The first-order chi connectivity index (χ1) is 8.41. The molecule has 3 N–H and O–H groups in total. The van der Waals surface area contributed by atoms with E-state index in [-0.39, 0.29) is 11.9 Å². The number of nitrogens with zero attached hydrogens (tertiary/aromatic N) is 1. The number of rotatable bonds is 6. The molecule has 0 saturated carbocycles. The molecule has 0 radical (unpaired) electrons. The number of amides is 1. The van der Waals surface area contributed by atoms with Crippen LogP contribution in [0.3, 0.4) is 0 Å². The molecular weight excluding hydrogens is 226 g/mol. The summed E-state index contributed by atoms with van der Waals surface area (Å²) in [5, 5.41) is 3.08. The van der Waals surface area contributed by atoms with Gasteiger partial charge < -0.3 is 16.0 Å². The van der Waals surface area contributed by atoms with Gasteiger partial charge in [-0.2, -0.15) is 0 Å². The maximum atomic E-state index is 10.9. The van der Waals surface area contributed by atoms with E-state index in [2.05, 4.69) is 55.5 Å². The highest BCUT2D eigenvalue weighted by molar-refractivity contribution is 5.79. The molecule has 0 aliphatic carbocycles. The van der Waals surface area contributed by atoms with E-state index in [1.807, 2.05) is 0 Å². The molecule has 1 aromatic rings. The molecule has 2 atom stereocenters. The van der Waals surface area contributed by atoms with Crippen molar-refractivity contribution in [3.63, 3.8) is 0 Å². The quantitative estimate of drug-likeness (QED) is 0.798. The number of hydrogen-bond acceptors (Lipinski definition) is 3. The van der Waals surface area contributed by atoms with Crippen LogP contribution < -0.4 is 11.1 Å². The fraction of sp³-hybridized carbons (Fsp3) is 0.500. The first-order valence-electron chi connectivity index (χ1n) is 6.19. The fourth-order valence-electron chi connectivity index (χ4n) is 1.58. The number of carbonyl (C=O) groups excluding carboxylic acids is 1. The van der Waals surface area contributed by atoms with E-state index < -0.39 is 0 Å². The van der Waals surface area contributed by atoms with Crippen molar-refractivity contribution < 1.29 is 4.79 Å². The lowest BCUT2D eigenvalue weighted by molar-refractivity contribution is -0.119. The van der Waals surface area contributed by atoms with Crippen LogP contribution in [0.5, 0.6) is 0 Å². The molecule has 18 heavy (non-hydrogen) atoms. The van der Waals surface area contributed by atoms with Crippen molar-refractivity contribution >= 4 is 5.91 Å². The SMILES string of the molecule is C[C@H](c1ccc(CN[C@H](C)C(N)=O)cc1)N(C)C. The lowest BCUT2D eigenvalue weighted by Gasteiger charge is -2.20. The van der Waals surface area contributed by atoms with Crippen molar-refractivity contribution in [3.8, 4) is 0 Å². The number of primary amides is 1. The number of carbonyl (C=O) groups is 1. The van der Waals surface area contributed by atoms with Crippen molar-refractivity contribution in [2.24, 2.45) is 5.73 Å². The molecule has 0 heterocycles. The average molecular weight is 249 g/mol. The van der Waals surface area contributed by atoms with Gasteiger partial charge in [0.15, 0.2) is 0 Å². The van der Waals surface area contributed by atoms with Crippen molar-refractivity contribution in [2.75, 3.05) is 14.1 Å². The van der Waals surface area contributed by atoms with Crippen LogP contribution in [0.2, 0.25) is 0 Å². The van der Waals surface area contributed by atoms with Crippen LogP contribution in [0, 0.1) is 0 Å². The van der Waals surface area contributed by atoms with Gasteiger partial charge in [-0.3, -0.25) is 4.79 Å². The standard InChI is InChI=1S/C14H23N3O/c1-10(14(15)18)16-9-12-5-7-13(8-6-12)11(2)17(3)4/h5-8,10-11,16H,9H2,1-4H3,(H2,15,18)/t10-,11-/m1/s1. The number of nitrogens with one attached hydrogen (secondary N) is 1. The van der Waals surface area contributed by atoms with Crippen LogP contribution in [-0.4, -0.2) is 30.9 Å². The third-order valence-corrected chi connectivity index (χ3v) is 3.28. The van der Waals surface area contributed by atoms with E-state index in [9.17, 15) is 4.79 Å². The second-order valence-electron chi connectivity index (χ2n) is 4.89. The molecule has 1 amide bonds. The first-order valence-corrected chi connectivity index (χ1v) is 6.19. The monoisotopic (exact) mass is 249 g/mol. The Morgan fingerprint density at radius 2 is 1.83 bits per heavy atom. The number of nitrogens with two attached hydrogens (primary N) is 1. The van der Waals surface area contributed by atoms with Gasteiger partial charge in [-0.15, -0.1) is 0 Å². The number of hydrogen-bond donors (Lipinski definition) is 2. The van der Waals surface area contributed by atoms with Crippen molar-refractivity contribution in [3.05, 3.63) is 35.4 Å². The minimum absolute atomic E-state index is 0.301. The van der Waals surface area contributed by atoms with Crippen LogP contribution in [0.4, 0.5) is 0 Å². The highest BCUT2D eigenvalue weighted by atomic mass is 16.1. The molecule has 0 aliphatic heterocycles. The molecule has 4 heteroatoms. The Hall–Kier alpha value is -1.39. The zero-order chi connectivity index (χ0) is 13.7. The molecule has 1 rings (SSSR count). The van der Waals surface area contributed by atoms with Gasteiger partial charge in [0, 0.05) is 12.6 Å². The molecular formula is C14H23N3O. The molecule has 4 nitrogen and oxygen atoms in total. The molecule has 0 bridgehead atoms. The second-order valence-corrected chi connectivity index (χ2v) is 4.89. The largest absolute Gasteiger partial charge is 0.368 e. The summed E-state index contributed by atoms with van der Waals surface area (Å²) in [4.78, 5) is 13.1. The molecule has 0 aromatic heterocycles. The summed E-state index contributed by atoms with van der Waals surface area (Å²) in [7, 11) is 4.13. The van der Waals surface area contributed by atoms with Crippen molar-refractivity contribution in [2.45, 2.75) is 32.5 Å². The average Bonchev–Trinajstić information content (AvgIpc) is 2.35. The third kappa shape index (κ3) is 4.13. The summed E-state index contributed by atoms with van der Waals surface area (Å²) in [6.45, 7) is 4.59. The second kappa shape index (κ2) is 6.52. The van der Waals surface area contributed by atoms with Gasteiger partial charge in [-0.1, -0.05) is 24.3 Å². The lowest BCUT2D eigenvalue weighted by atomic mass is 10.1. The molecule has 0 fully saturated rings. The Labute approximate surface area is 109 Å². The fourth-order valence-corrected chi connectivity index (χ4v) is 1.58. The summed E-state index contributed by atoms with van der Waals surface area (Å²) in [6, 6.07) is 8.50. The van der Waals surface area contributed by atoms with Crippen LogP contribution in [0.25, 0.3) is 0 Å². The van der Waals surface area contributed by atoms with Crippen LogP contribution in [-0.2, 0) is 11.3 Å². The highest BCUT2D eigenvalue weighted by Gasteiger charge is 2.09. The van der Waals surface area contributed by atoms with Crippen molar-refractivity contribution in [1.82, 2.24) is 10.2 Å². The van der Waals surface area contributed by atoms with Crippen LogP contribution in [0.15, 0.2) is 24.3 Å². The Morgan fingerprint density at radius 1 is 1.28 bits per heavy atom. The predicted molar refractivity (Wildman–Crippen MR) is 74.0 cm³/mol. The van der Waals surface area contributed by atoms with E-state index in [0.29, 0.717) is 12.6 Å². The molecule has 0 saturated heterocycles. The maximum absolute atomic E-state index is 10.9. The summed E-state index contributed by atoms with van der Waals surface area (Å²) in [6.07, 6.45) is 0. The van der Waals surface area contributed by atoms with E-state index >= 15 is 0 Å². The summed E-state index contributed by atoms with van der Waals surface area (Å²) in [5.74, 6) is -0.326. The Kier molecular flexibility index (Phi) is 5.31. The van der Waals surface area contributed by atoms with Gasteiger partial charge in [0.1, 0.15) is 0 Å². The van der Waals surface area contributed by atoms with E-state index in [0.717, 1.165) is 5.56 Å². The normalized spacial score (nSPS) is 14.5. The van der Waals surface area contributed by atoms with Crippen molar-refractivity contribution in [1.29, 1.82) is 0 Å². The smallest absolute Gasteiger partial charge is 0.234 e. The van der Waals surface area contributed by atoms with Crippen LogP contribution >= 0.6 is 0 Å². The summed E-state index contributed by atoms with van der Waals surface area (Å²) in [5.41, 5.74) is 7.63. The van der Waals surface area contributed by atoms with Crippen LogP contribution in [0.1, 0.15) is 31.0 Å². The van der Waals surface area contributed by atoms with E-state index in [1.165, 1.54) is 5.56 Å². The minimum atomic E-state index is -0.326. The van der Waals surface area contributed by atoms with Gasteiger partial charge in [-0.05, 0) is 39.1 Å². The van der Waals surface area contributed by atoms with E-state index in [4.69, 9.17) is 5.73 Å². The predicted octanol–water partition coefficient (Wildman–Crippen LogP) is 1.27. The van der Waals surface area contributed by atoms with Gasteiger partial charge in [0.25, 0.3) is 0 Å². The zero-order valence-electron chi connectivity index (χ0n) is 11.6. The summed E-state index contributed by atoms with van der Waals surface area (Å²) < 4.78 is 0. The van der Waals surface area contributed by atoms with Gasteiger partial charge in [0.2, 0.25) is 5.91 Å². The molecule has 0 spiro atoms. The van der Waals surface area contributed by atoms with Gasteiger partial charge >= 0.3 is 0 Å². The Morgan fingerprint density at radius 3 is 2.28 bits per heavy atom. The topological polar surface area (TPSA) is 58.4 Å². The summed E-state index contributed by atoms with van der Waals surface area (Å²) >= 11 is 0. The molecule has 1 aromatic carbocycles. The number of benzene rings is 1. The lowest BCUT2D eigenvalue weighted by Crippen LogP contribution is -2.38. The van der Waals surface area contributed by atoms with Gasteiger partial charge in [-0.25, -0.2) is 0 Å². The molecule has 0 aliphatic rings. The zero-order valence-corrected chi connectivity index (χ0v) is 11.6. The third-order valence-electron chi connectivity index (χ3n) is 3.28. The minimum Gasteiger partial charge on any atom is -0.368 e. The first kappa shape index (κ1) is 14.7.